The summed E-state index contributed by atoms with van der Waals surface area (Å²) in [5.41, 5.74) is 2.34. The van der Waals surface area contributed by atoms with Gasteiger partial charge in [-0.1, -0.05) is 42.2 Å². The quantitative estimate of drug-likeness (QED) is 0.137. The highest BCUT2D eigenvalue weighted by atomic mass is 19.2. The van der Waals surface area contributed by atoms with Crippen molar-refractivity contribution >= 4 is 10.8 Å². The topological polar surface area (TPSA) is 9.23 Å². The van der Waals surface area contributed by atoms with E-state index < -0.39 is 17.5 Å². The van der Waals surface area contributed by atoms with Crippen LogP contribution in [0.2, 0.25) is 0 Å². The van der Waals surface area contributed by atoms with Gasteiger partial charge in [0.1, 0.15) is 18.2 Å². The highest BCUT2D eigenvalue weighted by molar-refractivity contribution is 5.84. The van der Waals surface area contributed by atoms with Gasteiger partial charge in [0.05, 0.1) is 0 Å². The molecule has 0 radical (unpaired) electrons. The van der Waals surface area contributed by atoms with Crippen LogP contribution in [0.15, 0.2) is 78.9 Å². The Morgan fingerprint density at radius 1 is 0.758 bits per heavy atom. The minimum absolute atomic E-state index is 0.0101. The Balaban J connectivity index is 1.54. The minimum atomic E-state index is -1.49. The van der Waals surface area contributed by atoms with Gasteiger partial charge in [-0.3, -0.25) is 0 Å². The van der Waals surface area contributed by atoms with Crippen LogP contribution in [0.4, 0.5) is 17.6 Å². The van der Waals surface area contributed by atoms with Gasteiger partial charge >= 0.3 is 0 Å². The van der Waals surface area contributed by atoms with Crippen molar-refractivity contribution in [2.24, 2.45) is 0 Å². The van der Waals surface area contributed by atoms with Crippen molar-refractivity contribution in [1.29, 1.82) is 0 Å². The zero-order chi connectivity index (χ0) is 23.4. The Bertz CT molecular complexity index is 1410. The zero-order valence-corrected chi connectivity index (χ0v) is 17.6. The van der Waals surface area contributed by atoms with Crippen molar-refractivity contribution in [3.63, 3.8) is 0 Å². The summed E-state index contributed by atoms with van der Waals surface area (Å²) >= 11 is 0. The Morgan fingerprint density at radius 3 is 2.21 bits per heavy atom. The molecule has 0 aliphatic rings. The molecule has 0 bridgehead atoms. The van der Waals surface area contributed by atoms with Crippen molar-refractivity contribution in [3.8, 4) is 28.7 Å². The molecule has 5 heteroatoms. The Labute approximate surface area is 189 Å². The third-order valence-corrected chi connectivity index (χ3v) is 5.04. The standard InChI is InChI=1S/C28H18F4O/c1-2-3-14-33-22-11-13-23(25(29)17-22)20-9-6-18(7-10-20)4-5-19-8-12-24-21(15-19)16-26(30)28(32)27(24)31/h2-3,6-13,15-17H,14H2,1H3/b3-2+. The van der Waals surface area contributed by atoms with Crippen molar-refractivity contribution < 1.29 is 22.3 Å². The van der Waals surface area contributed by atoms with E-state index in [0.29, 0.717) is 34.6 Å². The maximum absolute atomic E-state index is 14.5. The maximum atomic E-state index is 14.5. The first-order valence-electron chi connectivity index (χ1n) is 10.2. The van der Waals surface area contributed by atoms with E-state index in [9.17, 15) is 17.6 Å². The molecule has 1 nitrogen and oxygen atoms in total. The largest absolute Gasteiger partial charge is 0.489 e. The molecule has 4 aromatic rings. The van der Waals surface area contributed by atoms with Gasteiger partial charge < -0.3 is 4.74 Å². The number of benzene rings is 4. The highest BCUT2D eigenvalue weighted by Crippen LogP contribution is 2.27. The average Bonchev–Trinajstić information content (AvgIpc) is 2.82. The molecule has 0 aliphatic carbocycles. The van der Waals surface area contributed by atoms with Gasteiger partial charge in [-0.05, 0) is 60.3 Å². The van der Waals surface area contributed by atoms with E-state index in [1.807, 2.05) is 19.1 Å². The SMILES string of the molecule is C/C=C/COc1ccc(-c2ccc(C#Cc3ccc4c(F)c(F)c(F)cc4c3)cc2)c(F)c1. The van der Waals surface area contributed by atoms with Gasteiger partial charge in [-0.2, -0.15) is 0 Å². The predicted octanol–water partition coefficient (Wildman–Crippen LogP) is 7.42. The second-order valence-electron chi connectivity index (χ2n) is 7.27. The molecule has 0 atom stereocenters. The molecule has 0 saturated heterocycles. The summed E-state index contributed by atoms with van der Waals surface area (Å²) in [4.78, 5) is 0. The summed E-state index contributed by atoms with van der Waals surface area (Å²) < 4.78 is 60.7. The molecule has 33 heavy (non-hydrogen) atoms. The molecule has 0 unspecified atom stereocenters. The van der Waals surface area contributed by atoms with E-state index in [2.05, 4.69) is 11.8 Å². The van der Waals surface area contributed by atoms with Gasteiger partial charge in [0.25, 0.3) is 0 Å². The van der Waals surface area contributed by atoms with Crippen LogP contribution in [0.25, 0.3) is 21.9 Å². The van der Waals surface area contributed by atoms with E-state index >= 15 is 0 Å². The van der Waals surface area contributed by atoms with E-state index in [1.54, 1.807) is 42.5 Å². The summed E-state index contributed by atoms with van der Waals surface area (Å²) in [6, 6.07) is 17.1. The summed E-state index contributed by atoms with van der Waals surface area (Å²) in [6.45, 7) is 2.26. The van der Waals surface area contributed by atoms with Gasteiger partial charge in [0.15, 0.2) is 17.5 Å². The second kappa shape index (κ2) is 9.62. The van der Waals surface area contributed by atoms with Crippen LogP contribution in [0, 0.1) is 35.1 Å². The smallest absolute Gasteiger partial charge is 0.195 e. The molecule has 0 heterocycles. The normalized spacial score (nSPS) is 10.9. The molecule has 0 aliphatic heterocycles. The van der Waals surface area contributed by atoms with Gasteiger partial charge in [0, 0.05) is 28.1 Å². The summed E-state index contributed by atoms with van der Waals surface area (Å²) in [5, 5.41) is 0.214. The molecule has 0 fully saturated rings. The van der Waals surface area contributed by atoms with Crippen molar-refractivity contribution in [2.45, 2.75) is 6.92 Å². The van der Waals surface area contributed by atoms with Crippen LogP contribution >= 0.6 is 0 Å². The second-order valence-corrected chi connectivity index (χ2v) is 7.27. The first-order chi connectivity index (χ1) is 16.0. The van der Waals surface area contributed by atoms with Crippen LogP contribution in [0.1, 0.15) is 18.1 Å². The fraction of sp³-hybridized carbons (Fsp3) is 0.0714. The fourth-order valence-electron chi connectivity index (χ4n) is 3.32. The number of hydrogen-bond donors (Lipinski definition) is 0. The molecular weight excluding hydrogens is 428 g/mol. The first-order valence-corrected chi connectivity index (χ1v) is 10.2. The van der Waals surface area contributed by atoms with Crippen LogP contribution < -0.4 is 4.74 Å². The molecule has 4 aromatic carbocycles. The van der Waals surface area contributed by atoms with Crippen molar-refractivity contribution in [3.05, 3.63) is 113 Å². The first kappa shape index (κ1) is 22.2. The van der Waals surface area contributed by atoms with Crippen LogP contribution in [-0.2, 0) is 0 Å². The van der Waals surface area contributed by atoms with Gasteiger partial charge in [0.2, 0.25) is 0 Å². The number of allylic oxidation sites excluding steroid dienone is 1. The minimum Gasteiger partial charge on any atom is -0.489 e. The summed E-state index contributed by atoms with van der Waals surface area (Å²) in [5.74, 6) is 2.00. The number of ether oxygens (including phenoxy) is 1. The maximum Gasteiger partial charge on any atom is 0.195 e. The lowest BCUT2D eigenvalue weighted by atomic mass is 10.0. The Hall–Kier alpha value is -4.04. The molecule has 0 spiro atoms. The fourth-order valence-corrected chi connectivity index (χ4v) is 3.32. The lowest BCUT2D eigenvalue weighted by molar-refractivity contribution is 0.360. The number of halogens is 4. The average molecular weight is 446 g/mol. The molecule has 4 rings (SSSR count). The molecule has 0 amide bonds. The molecule has 0 aromatic heterocycles. The highest BCUT2D eigenvalue weighted by Gasteiger charge is 2.13. The van der Waals surface area contributed by atoms with E-state index in [1.165, 1.54) is 18.2 Å². The third kappa shape index (κ3) is 4.91. The summed E-state index contributed by atoms with van der Waals surface area (Å²) in [6.07, 6.45) is 3.69. The van der Waals surface area contributed by atoms with Crippen LogP contribution in [0.5, 0.6) is 5.75 Å². The number of fused-ring (bicyclic) bond motifs is 1. The monoisotopic (exact) mass is 446 g/mol. The van der Waals surface area contributed by atoms with Crippen molar-refractivity contribution in [2.75, 3.05) is 6.61 Å². The van der Waals surface area contributed by atoms with Gasteiger partial charge in [-0.15, -0.1) is 0 Å². The summed E-state index contributed by atoms with van der Waals surface area (Å²) in [7, 11) is 0. The lowest BCUT2D eigenvalue weighted by Crippen LogP contribution is -1.94. The van der Waals surface area contributed by atoms with Crippen LogP contribution in [0.3, 0.4) is 0 Å². The zero-order valence-electron chi connectivity index (χ0n) is 17.6. The Kier molecular flexibility index (Phi) is 6.46. The van der Waals surface area contributed by atoms with E-state index in [0.717, 1.165) is 6.07 Å². The Morgan fingerprint density at radius 2 is 1.48 bits per heavy atom. The molecule has 0 saturated carbocycles. The molecule has 164 valence electrons. The number of hydrogen-bond acceptors (Lipinski definition) is 1. The van der Waals surface area contributed by atoms with Crippen molar-refractivity contribution in [1.82, 2.24) is 0 Å². The molecular formula is C28H18F4O. The van der Waals surface area contributed by atoms with E-state index in [4.69, 9.17) is 4.74 Å². The third-order valence-electron chi connectivity index (χ3n) is 5.04. The van der Waals surface area contributed by atoms with Crippen LogP contribution in [-0.4, -0.2) is 6.61 Å². The van der Waals surface area contributed by atoms with Gasteiger partial charge in [-0.25, -0.2) is 17.6 Å². The molecule has 0 N–H and O–H groups in total. The predicted molar refractivity (Wildman–Crippen MR) is 122 cm³/mol. The lowest BCUT2D eigenvalue weighted by Gasteiger charge is -2.07. The number of rotatable bonds is 4. The van der Waals surface area contributed by atoms with E-state index in [-0.39, 0.29) is 16.6 Å².